The molecule has 1 atom stereocenters. The van der Waals surface area contributed by atoms with Gasteiger partial charge in [-0.3, -0.25) is 0 Å². The topological polar surface area (TPSA) is 46.2 Å². The average Bonchev–Trinajstić information content (AvgIpc) is 2.29. The maximum atomic E-state index is 11.9. The Bertz CT molecular complexity index is 447. The smallest absolute Gasteiger partial charge is 0.211 e. The van der Waals surface area contributed by atoms with Crippen LogP contribution in [0, 0.1) is 6.92 Å². The normalized spacial score (nSPS) is 13.6. The highest BCUT2D eigenvalue weighted by molar-refractivity contribution is 14.1. The molecule has 0 bridgehead atoms. The van der Waals surface area contributed by atoms with Gasteiger partial charge in [-0.05, 0) is 25.5 Å². The number of halogens is 2. The monoisotopic (exact) mass is 387 g/mol. The third-order valence-corrected chi connectivity index (χ3v) is 5.68. The van der Waals surface area contributed by atoms with E-state index in [1.807, 2.05) is 6.92 Å². The van der Waals surface area contributed by atoms with Crippen molar-refractivity contribution >= 4 is 44.2 Å². The van der Waals surface area contributed by atoms with E-state index < -0.39 is 10.0 Å². The average molecular weight is 388 g/mol. The summed E-state index contributed by atoms with van der Waals surface area (Å²) in [6.07, 6.45) is 0.731. The molecule has 1 rings (SSSR count). The molecule has 3 nitrogen and oxygen atoms in total. The molecule has 0 radical (unpaired) electrons. The minimum Gasteiger partial charge on any atom is -0.211 e. The first-order valence-corrected chi connectivity index (χ1v) is 8.48. The van der Waals surface area contributed by atoms with Crippen LogP contribution in [0.2, 0.25) is 0 Å². The largest absolute Gasteiger partial charge is 0.240 e. The van der Waals surface area contributed by atoms with Crippen LogP contribution in [0.3, 0.4) is 0 Å². The quantitative estimate of drug-likeness (QED) is 0.602. The van der Waals surface area contributed by atoms with E-state index in [4.69, 9.17) is 11.6 Å². The lowest BCUT2D eigenvalue weighted by atomic mass is 10.2. The van der Waals surface area contributed by atoms with E-state index >= 15 is 0 Å². The first kappa shape index (κ1) is 15.2. The zero-order chi connectivity index (χ0) is 12.9. The van der Waals surface area contributed by atoms with E-state index in [0.29, 0.717) is 17.3 Å². The first-order chi connectivity index (χ1) is 7.95. The summed E-state index contributed by atoms with van der Waals surface area (Å²) in [7, 11) is -3.38. The number of rotatable bonds is 6. The zero-order valence-corrected chi connectivity index (χ0v) is 13.2. The molecule has 0 aliphatic rings. The second-order valence-corrected chi connectivity index (χ2v) is 7.59. The fourth-order valence-corrected chi connectivity index (χ4v) is 2.74. The van der Waals surface area contributed by atoms with Gasteiger partial charge in [0.25, 0.3) is 0 Å². The molecule has 96 valence electrons. The van der Waals surface area contributed by atoms with Crippen LogP contribution in [0.4, 0.5) is 0 Å². The highest BCUT2D eigenvalue weighted by Gasteiger charge is 2.13. The molecule has 0 fully saturated rings. The Morgan fingerprint density at radius 3 is 2.47 bits per heavy atom. The summed E-state index contributed by atoms with van der Waals surface area (Å²) in [4.78, 5) is 0.305. The van der Waals surface area contributed by atoms with Gasteiger partial charge in [0.15, 0.2) is 0 Å². The molecule has 1 aromatic carbocycles. The van der Waals surface area contributed by atoms with Gasteiger partial charge in [0.1, 0.15) is 0 Å². The summed E-state index contributed by atoms with van der Waals surface area (Å²) in [6, 6.07) is 6.80. The van der Waals surface area contributed by atoms with Crippen LogP contribution in [0.25, 0.3) is 0 Å². The van der Waals surface area contributed by atoms with E-state index in [9.17, 15) is 8.42 Å². The van der Waals surface area contributed by atoms with Crippen molar-refractivity contribution in [2.24, 2.45) is 0 Å². The van der Waals surface area contributed by atoms with Crippen molar-refractivity contribution in [1.82, 2.24) is 4.72 Å². The first-order valence-electron chi connectivity index (χ1n) is 5.22. The van der Waals surface area contributed by atoms with Gasteiger partial charge in [-0.25, -0.2) is 13.1 Å². The third kappa shape index (κ3) is 5.11. The Kier molecular flexibility index (Phi) is 6.19. The molecule has 1 N–H and O–H groups in total. The molecular weight excluding hydrogens is 373 g/mol. The van der Waals surface area contributed by atoms with Crippen molar-refractivity contribution in [2.75, 3.05) is 12.4 Å². The highest BCUT2D eigenvalue weighted by atomic mass is 127. The number of benzene rings is 1. The molecule has 17 heavy (non-hydrogen) atoms. The molecule has 0 aliphatic heterocycles. The number of sulfonamides is 1. The van der Waals surface area contributed by atoms with E-state index in [0.717, 1.165) is 12.0 Å². The minimum absolute atomic E-state index is 0.287. The van der Waals surface area contributed by atoms with Crippen LogP contribution in [-0.4, -0.2) is 24.8 Å². The van der Waals surface area contributed by atoms with Crippen LogP contribution in [0.15, 0.2) is 29.2 Å². The van der Waals surface area contributed by atoms with Gasteiger partial charge < -0.3 is 0 Å². The second-order valence-electron chi connectivity index (χ2n) is 3.75. The molecule has 6 heteroatoms. The molecule has 0 saturated carbocycles. The van der Waals surface area contributed by atoms with E-state index in [-0.39, 0.29) is 3.92 Å². The number of hydrogen-bond acceptors (Lipinski definition) is 2. The second kappa shape index (κ2) is 6.92. The number of hydrogen-bond donors (Lipinski definition) is 1. The van der Waals surface area contributed by atoms with Crippen LogP contribution in [0.5, 0.6) is 0 Å². The lowest BCUT2D eigenvalue weighted by molar-refractivity contribution is 0.579. The highest BCUT2D eigenvalue weighted by Crippen LogP contribution is 2.11. The maximum absolute atomic E-state index is 11.9. The molecule has 0 aliphatic carbocycles. The summed E-state index contributed by atoms with van der Waals surface area (Å²) in [5.41, 5.74) is 1.04. The number of alkyl halides is 2. The fraction of sp³-hybridized carbons (Fsp3) is 0.455. The van der Waals surface area contributed by atoms with E-state index in [1.54, 1.807) is 24.3 Å². The predicted molar refractivity (Wildman–Crippen MR) is 79.5 cm³/mol. The molecule has 1 aromatic rings. The molecular formula is C11H15ClINO2S. The molecule has 0 heterocycles. The SMILES string of the molecule is Cc1ccc(S(=O)(=O)NCCC(I)CCl)cc1. The summed E-state index contributed by atoms with van der Waals surface area (Å²) in [6.45, 7) is 2.33. The Hall–Kier alpha value is 0.150. The molecule has 0 spiro atoms. The number of aryl methyl sites for hydroxylation is 1. The summed E-state index contributed by atoms with van der Waals surface area (Å²) in [5, 5.41) is 0. The predicted octanol–water partition coefficient (Wildman–Crippen LogP) is 2.71. The van der Waals surface area contributed by atoms with Crippen LogP contribution in [-0.2, 0) is 10.0 Å². The number of nitrogens with one attached hydrogen (secondary N) is 1. The van der Waals surface area contributed by atoms with Crippen molar-refractivity contribution in [3.63, 3.8) is 0 Å². The van der Waals surface area contributed by atoms with Gasteiger partial charge in [-0.1, -0.05) is 40.3 Å². The van der Waals surface area contributed by atoms with Crippen LogP contribution in [0.1, 0.15) is 12.0 Å². The standard InChI is InChI=1S/C11H15ClINO2S/c1-9-2-4-11(5-3-9)17(15,16)14-7-6-10(13)8-12/h2-5,10,14H,6-8H2,1H3. The Labute approximate surface area is 121 Å². The van der Waals surface area contributed by atoms with Gasteiger partial charge in [0.2, 0.25) is 10.0 Å². The van der Waals surface area contributed by atoms with Crippen LogP contribution < -0.4 is 4.72 Å². The van der Waals surface area contributed by atoms with Gasteiger partial charge in [-0.15, -0.1) is 11.6 Å². The summed E-state index contributed by atoms with van der Waals surface area (Å²) < 4.78 is 26.6. The zero-order valence-electron chi connectivity index (χ0n) is 9.49. The van der Waals surface area contributed by atoms with Gasteiger partial charge in [0.05, 0.1) is 4.90 Å². The van der Waals surface area contributed by atoms with Gasteiger partial charge in [0, 0.05) is 16.3 Å². The molecule has 0 saturated heterocycles. The lowest BCUT2D eigenvalue weighted by Crippen LogP contribution is -2.26. The maximum Gasteiger partial charge on any atom is 0.240 e. The molecule has 0 amide bonds. The Morgan fingerprint density at radius 1 is 1.35 bits per heavy atom. The van der Waals surface area contributed by atoms with Crippen molar-refractivity contribution in [3.05, 3.63) is 29.8 Å². The minimum atomic E-state index is -3.38. The van der Waals surface area contributed by atoms with Crippen molar-refractivity contribution in [3.8, 4) is 0 Å². The van der Waals surface area contributed by atoms with Crippen LogP contribution >= 0.6 is 34.2 Å². The van der Waals surface area contributed by atoms with E-state index in [1.165, 1.54) is 0 Å². The van der Waals surface area contributed by atoms with Crippen molar-refractivity contribution < 1.29 is 8.42 Å². The summed E-state index contributed by atoms with van der Waals surface area (Å²) >= 11 is 7.86. The summed E-state index contributed by atoms with van der Waals surface area (Å²) in [5.74, 6) is 0.535. The van der Waals surface area contributed by atoms with Crippen molar-refractivity contribution in [2.45, 2.75) is 22.2 Å². The third-order valence-electron chi connectivity index (χ3n) is 2.25. The van der Waals surface area contributed by atoms with E-state index in [2.05, 4.69) is 27.3 Å². The Morgan fingerprint density at radius 2 is 1.94 bits per heavy atom. The van der Waals surface area contributed by atoms with Gasteiger partial charge >= 0.3 is 0 Å². The lowest BCUT2D eigenvalue weighted by Gasteiger charge is -2.08. The Balaban J connectivity index is 2.60. The molecule has 1 unspecified atom stereocenters. The fourth-order valence-electron chi connectivity index (χ4n) is 1.23. The van der Waals surface area contributed by atoms with Gasteiger partial charge in [-0.2, -0.15) is 0 Å². The van der Waals surface area contributed by atoms with Crippen molar-refractivity contribution in [1.29, 1.82) is 0 Å². The molecule has 0 aromatic heterocycles.